The molecule has 1 aromatic carbocycles. The number of nitrogens with two attached hydrogens (primary N) is 1. The molecule has 0 unspecified atom stereocenters. The van der Waals surface area contributed by atoms with Gasteiger partial charge in [-0.25, -0.2) is 0 Å². The van der Waals surface area contributed by atoms with Crippen LogP contribution in [0.15, 0.2) is 42.7 Å². The van der Waals surface area contributed by atoms with Crippen LogP contribution in [-0.4, -0.2) is 16.0 Å². The molecule has 0 aliphatic rings. The van der Waals surface area contributed by atoms with E-state index in [0.717, 1.165) is 0 Å². The number of nitrogens with zero attached hydrogens (tertiary/aromatic N) is 1. The highest BCUT2D eigenvalue weighted by Crippen LogP contribution is 2.22. The Bertz CT molecular complexity index is 612. The summed E-state index contributed by atoms with van der Waals surface area (Å²) in [5, 5.41) is -0.687. The van der Waals surface area contributed by atoms with Crippen LogP contribution in [0, 0.1) is 0 Å². The van der Waals surface area contributed by atoms with E-state index in [1.165, 1.54) is 12.3 Å². The zero-order chi connectivity index (χ0) is 13.1. The van der Waals surface area contributed by atoms with Gasteiger partial charge in [-0.15, -0.1) is 0 Å². The molecule has 1 heterocycles. The number of hydrogen-bond acceptors (Lipinski definition) is 4. The predicted octanol–water partition coefficient (Wildman–Crippen LogP) is 2.27. The number of para-hydroxylation sites is 1. The molecule has 1 aromatic heterocycles. The summed E-state index contributed by atoms with van der Waals surface area (Å²) >= 11 is 5.39. The van der Waals surface area contributed by atoms with Crippen LogP contribution in [0.4, 0.5) is 5.69 Å². The minimum atomic E-state index is -0.687. The Balaban J connectivity index is 2.50. The summed E-state index contributed by atoms with van der Waals surface area (Å²) in [6.07, 6.45) is 3.01. The monoisotopic (exact) mass is 260 g/mol. The average Bonchev–Trinajstić information content (AvgIpc) is 2.39. The first-order valence-corrected chi connectivity index (χ1v) is 5.52. The van der Waals surface area contributed by atoms with E-state index in [-0.39, 0.29) is 22.6 Å². The second-order valence-corrected chi connectivity index (χ2v) is 3.95. The minimum Gasteiger partial charge on any atom is -0.398 e. The van der Waals surface area contributed by atoms with Crippen molar-refractivity contribution in [1.82, 2.24) is 4.98 Å². The molecule has 5 heteroatoms. The average molecular weight is 261 g/mol. The fourth-order valence-electron chi connectivity index (χ4n) is 1.59. The lowest BCUT2D eigenvalue weighted by molar-refractivity contribution is 0.103. The molecule has 90 valence electrons. The second kappa shape index (κ2) is 4.98. The molecule has 0 radical (unpaired) electrons. The molecule has 0 aliphatic heterocycles. The molecule has 0 amide bonds. The van der Waals surface area contributed by atoms with Crippen molar-refractivity contribution < 1.29 is 9.59 Å². The van der Waals surface area contributed by atoms with Gasteiger partial charge in [0, 0.05) is 23.5 Å². The summed E-state index contributed by atoms with van der Waals surface area (Å²) in [5.41, 5.74) is 6.65. The van der Waals surface area contributed by atoms with Crippen LogP contribution in [0.1, 0.15) is 26.3 Å². The van der Waals surface area contributed by atoms with Crippen molar-refractivity contribution in [2.45, 2.75) is 0 Å². The van der Waals surface area contributed by atoms with E-state index < -0.39 is 5.24 Å². The highest BCUT2D eigenvalue weighted by Gasteiger charge is 2.16. The van der Waals surface area contributed by atoms with E-state index in [2.05, 4.69) is 4.98 Å². The van der Waals surface area contributed by atoms with E-state index in [1.807, 2.05) is 0 Å². The summed E-state index contributed by atoms with van der Waals surface area (Å²) in [7, 11) is 0. The summed E-state index contributed by atoms with van der Waals surface area (Å²) in [4.78, 5) is 27.2. The molecule has 2 N–H and O–H groups in total. The van der Waals surface area contributed by atoms with Crippen LogP contribution in [-0.2, 0) is 0 Å². The minimum absolute atomic E-state index is 0.0892. The molecule has 0 bridgehead atoms. The summed E-state index contributed by atoms with van der Waals surface area (Å²) in [6.45, 7) is 0. The summed E-state index contributed by atoms with van der Waals surface area (Å²) in [5.74, 6) is -0.291. The van der Waals surface area contributed by atoms with Crippen molar-refractivity contribution >= 4 is 28.3 Å². The van der Waals surface area contributed by atoms with Gasteiger partial charge in [-0.1, -0.05) is 6.07 Å². The normalized spacial score (nSPS) is 10.1. The Morgan fingerprint density at radius 1 is 1.11 bits per heavy atom. The van der Waals surface area contributed by atoms with Gasteiger partial charge in [-0.2, -0.15) is 0 Å². The quantitative estimate of drug-likeness (QED) is 0.522. The molecule has 0 saturated heterocycles. The maximum absolute atomic E-state index is 12.2. The fourth-order valence-corrected chi connectivity index (χ4v) is 1.75. The van der Waals surface area contributed by atoms with Gasteiger partial charge in [0.05, 0.1) is 11.3 Å². The van der Waals surface area contributed by atoms with Crippen molar-refractivity contribution in [2.24, 2.45) is 0 Å². The third kappa shape index (κ3) is 2.24. The number of hydrogen-bond donors (Lipinski definition) is 1. The van der Waals surface area contributed by atoms with Gasteiger partial charge in [0.2, 0.25) is 0 Å². The standard InChI is InChI=1S/C13H9ClN2O2/c14-13(18)10-5-1-4-9(11(10)15)12(17)8-3-2-6-16-7-8/h1-7H,15H2. The molecule has 4 nitrogen and oxygen atoms in total. The van der Waals surface area contributed by atoms with E-state index in [9.17, 15) is 9.59 Å². The zero-order valence-electron chi connectivity index (χ0n) is 9.26. The second-order valence-electron chi connectivity index (χ2n) is 3.61. The van der Waals surface area contributed by atoms with E-state index >= 15 is 0 Å². The first kappa shape index (κ1) is 12.3. The van der Waals surface area contributed by atoms with Gasteiger partial charge in [0.25, 0.3) is 5.24 Å². The molecule has 2 rings (SSSR count). The number of anilines is 1. The zero-order valence-corrected chi connectivity index (χ0v) is 10.0. The van der Waals surface area contributed by atoms with Crippen LogP contribution >= 0.6 is 11.6 Å². The van der Waals surface area contributed by atoms with E-state index in [1.54, 1.807) is 30.5 Å². The van der Waals surface area contributed by atoms with Crippen LogP contribution < -0.4 is 5.73 Å². The van der Waals surface area contributed by atoms with Crippen molar-refractivity contribution in [2.75, 3.05) is 5.73 Å². The number of rotatable bonds is 3. The number of carbonyl (C=O) groups is 2. The lowest BCUT2D eigenvalue weighted by Gasteiger charge is -2.07. The third-order valence-corrected chi connectivity index (χ3v) is 2.69. The Kier molecular flexibility index (Phi) is 3.39. The fraction of sp³-hybridized carbons (Fsp3) is 0. The number of benzene rings is 1. The first-order valence-electron chi connectivity index (χ1n) is 5.14. The highest BCUT2D eigenvalue weighted by molar-refractivity contribution is 6.68. The number of nitrogen functional groups attached to an aromatic ring is 1. The topological polar surface area (TPSA) is 73.1 Å². The SMILES string of the molecule is Nc1c(C(=O)Cl)cccc1C(=O)c1cccnc1. The number of carbonyl (C=O) groups excluding carboxylic acids is 2. The van der Waals surface area contributed by atoms with Gasteiger partial charge < -0.3 is 5.73 Å². The van der Waals surface area contributed by atoms with Crippen molar-refractivity contribution in [3.63, 3.8) is 0 Å². The van der Waals surface area contributed by atoms with Gasteiger partial charge in [-0.05, 0) is 35.9 Å². The molecule has 0 spiro atoms. The molecule has 0 saturated carbocycles. The molecule has 0 atom stereocenters. The van der Waals surface area contributed by atoms with Crippen LogP contribution in [0.25, 0.3) is 0 Å². The highest BCUT2D eigenvalue weighted by atomic mass is 35.5. The lowest BCUT2D eigenvalue weighted by atomic mass is 10.0. The maximum Gasteiger partial charge on any atom is 0.254 e. The number of aromatic nitrogens is 1. The Labute approximate surface area is 108 Å². The van der Waals surface area contributed by atoms with Crippen molar-refractivity contribution in [3.05, 3.63) is 59.4 Å². The number of ketones is 1. The Morgan fingerprint density at radius 2 is 1.83 bits per heavy atom. The smallest absolute Gasteiger partial charge is 0.254 e. The van der Waals surface area contributed by atoms with Crippen LogP contribution in [0.5, 0.6) is 0 Å². The van der Waals surface area contributed by atoms with E-state index in [0.29, 0.717) is 5.56 Å². The molecule has 0 aliphatic carbocycles. The molecule has 2 aromatic rings. The van der Waals surface area contributed by atoms with E-state index in [4.69, 9.17) is 17.3 Å². The number of pyridine rings is 1. The molecular weight excluding hydrogens is 252 g/mol. The van der Waals surface area contributed by atoms with Gasteiger partial charge >= 0.3 is 0 Å². The maximum atomic E-state index is 12.2. The Morgan fingerprint density at radius 3 is 2.44 bits per heavy atom. The summed E-state index contributed by atoms with van der Waals surface area (Å²) < 4.78 is 0. The predicted molar refractivity (Wildman–Crippen MR) is 68.7 cm³/mol. The molecule has 0 fully saturated rings. The summed E-state index contributed by atoms with van der Waals surface area (Å²) in [6, 6.07) is 7.87. The Hall–Kier alpha value is -2.20. The van der Waals surface area contributed by atoms with Crippen molar-refractivity contribution in [1.29, 1.82) is 0 Å². The molecular formula is C13H9ClN2O2. The lowest BCUT2D eigenvalue weighted by Crippen LogP contribution is -2.09. The number of halogens is 1. The first-order chi connectivity index (χ1) is 8.61. The largest absolute Gasteiger partial charge is 0.398 e. The van der Waals surface area contributed by atoms with Crippen LogP contribution in [0.3, 0.4) is 0 Å². The third-order valence-electron chi connectivity index (χ3n) is 2.49. The van der Waals surface area contributed by atoms with Crippen molar-refractivity contribution in [3.8, 4) is 0 Å². The van der Waals surface area contributed by atoms with Gasteiger partial charge in [-0.3, -0.25) is 14.6 Å². The van der Waals surface area contributed by atoms with Gasteiger partial charge in [0.1, 0.15) is 0 Å². The molecule has 18 heavy (non-hydrogen) atoms. The van der Waals surface area contributed by atoms with Crippen LogP contribution in [0.2, 0.25) is 0 Å². The van der Waals surface area contributed by atoms with Gasteiger partial charge in [0.15, 0.2) is 5.78 Å².